The SMILES string of the molecule is NC(=O)[C@@H]1CN(Cc2ccc(Cl)c(F)c2)C[C@H]1C(N)=O. The van der Waals surface area contributed by atoms with Crippen LogP contribution in [0.3, 0.4) is 0 Å². The smallest absolute Gasteiger partial charge is 0.222 e. The van der Waals surface area contributed by atoms with Gasteiger partial charge in [0.15, 0.2) is 0 Å². The van der Waals surface area contributed by atoms with Crippen molar-refractivity contribution in [2.24, 2.45) is 23.3 Å². The van der Waals surface area contributed by atoms with Crippen molar-refractivity contribution in [2.45, 2.75) is 6.54 Å². The number of likely N-dealkylation sites (tertiary alicyclic amines) is 1. The van der Waals surface area contributed by atoms with Crippen LogP contribution in [0.1, 0.15) is 5.56 Å². The minimum atomic E-state index is -0.593. The second kappa shape index (κ2) is 5.76. The van der Waals surface area contributed by atoms with Crippen molar-refractivity contribution >= 4 is 23.4 Å². The number of nitrogens with two attached hydrogens (primary N) is 2. The summed E-state index contributed by atoms with van der Waals surface area (Å²) >= 11 is 5.62. The van der Waals surface area contributed by atoms with Crippen LogP contribution in [0.2, 0.25) is 5.02 Å². The summed E-state index contributed by atoms with van der Waals surface area (Å²) in [7, 11) is 0. The van der Waals surface area contributed by atoms with Crippen molar-refractivity contribution in [1.29, 1.82) is 0 Å². The average molecular weight is 300 g/mol. The second-order valence-electron chi connectivity index (χ2n) is 4.96. The maximum Gasteiger partial charge on any atom is 0.222 e. The molecule has 0 radical (unpaired) electrons. The Bertz CT molecular complexity index is 530. The van der Waals surface area contributed by atoms with Crippen molar-refractivity contribution in [1.82, 2.24) is 4.90 Å². The van der Waals surface area contributed by atoms with Crippen LogP contribution in [0.25, 0.3) is 0 Å². The van der Waals surface area contributed by atoms with Crippen LogP contribution in [0, 0.1) is 17.7 Å². The highest BCUT2D eigenvalue weighted by molar-refractivity contribution is 6.30. The van der Waals surface area contributed by atoms with Gasteiger partial charge in [0, 0.05) is 19.6 Å². The third kappa shape index (κ3) is 3.08. The number of halogens is 2. The van der Waals surface area contributed by atoms with Crippen LogP contribution in [-0.2, 0) is 16.1 Å². The number of hydrogen-bond acceptors (Lipinski definition) is 3. The van der Waals surface area contributed by atoms with Gasteiger partial charge in [-0.25, -0.2) is 4.39 Å². The van der Waals surface area contributed by atoms with Gasteiger partial charge in [-0.3, -0.25) is 14.5 Å². The summed E-state index contributed by atoms with van der Waals surface area (Å²) in [6.07, 6.45) is 0. The highest BCUT2D eigenvalue weighted by Crippen LogP contribution is 2.25. The zero-order valence-corrected chi connectivity index (χ0v) is 11.4. The summed E-state index contributed by atoms with van der Waals surface area (Å²) in [5.74, 6) is -2.77. The highest BCUT2D eigenvalue weighted by atomic mass is 35.5. The Morgan fingerprint density at radius 1 is 1.25 bits per heavy atom. The number of hydrogen-bond donors (Lipinski definition) is 2. The van der Waals surface area contributed by atoms with Crippen molar-refractivity contribution in [3.05, 3.63) is 34.6 Å². The highest BCUT2D eigenvalue weighted by Gasteiger charge is 2.39. The van der Waals surface area contributed by atoms with E-state index in [1.54, 1.807) is 6.07 Å². The molecule has 2 atom stereocenters. The first-order valence-corrected chi connectivity index (χ1v) is 6.51. The van der Waals surface area contributed by atoms with Gasteiger partial charge in [-0.05, 0) is 17.7 Å². The molecule has 20 heavy (non-hydrogen) atoms. The Balaban J connectivity index is 2.09. The maximum absolute atomic E-state index is 13.4. The molecule has 1 aliphatic heterocycles. The van der Waals surface area contributed by atoms with Gasteiger partial charge in [0.25, 0.3) is 0 Å². The van der Waals surface area contributed by atoms with E-state index in [1.165, 1.54) is 12.1 Å². The summed E-state index contributed by atoms with van der Waals surface area (Å²) in [5, 5.41) is 0.0557. The minimum absolute atomic E-state index is 0.0557. The van der Waals surface area contributed by atoms with Gasteiger partial charge in [-0.15, -0.1) is 0 Å². The van der Waals surface area contributed by atoms with Gasteiger partial charge in [0.05, 0.1) is 16.9 Å². The van der Waals surface area contributed by atoms with E-state index in [2.05, 4.69) is 0 Å². The fraction of sp³-hybridized carbons (Fsp3) is 0.385. The number of benzene rings is 1. The summed E-state index contributed by atoms with van der Waals surface area (Å²) < 4.78 is 13.4. The normalized spacial score (nSPS) is 22.9. The Kier molecular flexibility index (Phi) is 4.25. The largest absolute Gasteiger partial charge is 0.369 e. The van der Waals surface area contributed by atoms with Crippen LogP contribution in [0.4, 0.5) is 4.39 Å². The predicted molar refractivity (Wildman–Crippen MR) is 72.1 cm³/mol. The molecular weight excluding hydrogens is 285 g/mol. The van der Waals surface area contributed by atoms with Crippen LogP contribution in [0.5, 0.6) is 0 Å². The van der Waals surface area contributed by atoms with E-state index in [0.29, 0.717) is 25.2 Å². The molecule has 1 aromatic rings. The van der Waals surface area contributed by atoms with Gasteiger partial charge in [-0.2, -0.15) is 0 Å². The fourth-order valence-corrected chi connectivity index (χ4v) is 2.60. The molecule has 0 unspecified atom stereocenters. The molecule has 1 saturated heterocycles. The number of carbonyl (C=O) groups excluding carboxylic acids is 2. The standard InChI is InChI=1S/C13H15ClFN3O2/c14-10-2-1-7(3-11(10)15)4-18-5-8(12(16)19)9(6-18)13(17)20/h1-3,8-9H,4-6H2,(H2,16,19)(H2,17,20)/t8-,9-/m1/s1. The Labute approximate surface area is 120 Å². The maximum atomic E-state index is 13.4. The lowest BCUT2D eigenvalue weighted by Gasteiger charge is -2.15. The van der Waals surface area contributed by atoms with Crippen molar-refractivity contribution in [3.63, 3.8) is 0 Å². The van der Waals surface area contributed by atoms with Gasteiger partial charge in [-0.1, -0.05) is 17.7 Å². The van der Waals surface area contributed by atoms with Crippen LogP contribution in [-0.4, -0.2) is 29.8 Å². The lowest BCUT2D eigenvalue weighted by molar-refractivity contribution is -0.129. The number of primary amides is 2. The predicted octanol–water partition coefficient (Wildman–Crippen LogP) is 0.498. The Morgan fingerprint density at radius 2 is 1.80 bits per heavy atom. The van der Waals surface area contributed by atoms with E-state index in [-0.39, 0.29) is 5.02 Å². The van der Waals surface area contributed by atoms with Crippen LogP contribution < -0.4 is 11.5 Å². The van der Waals surface area contributed by atoms with Crippen LogP contribution in [0.15, 0.2) is 18.2 Å². The summed E-state index contributed by atoms with van der Waals surface area (Å²) in [5.41, 5.74) is 11.3. The van der Waals surface area contributed by atoms with E-state index >= 15 is 0 Å². The van der Waals surface area contributed by atoms with Gasteiger partial charge >= 0.3 is 0 Å². The molecule has 1 fully saturated rings. The molecule has 0 spiro atoms. The van der Waals surface area contributed by atoms with Gasteiger partial charge in [0.2, 0.25) is 11.8 Å². The molecule has 0 saturated carbocycles. The lowest BCUT2D eigenvalue weighted by atomic mass is 9.95. The van der Waals surface area contributed by atoms with E-state index in [9.17, 15) is 14.0 Å². The topological polar surface area (TPSA) is 89.4 Å². The molecule has 2 rings (SSSR count). The monoisotopic (exact) mass is 299 g/mol. The van der Waals surface area contributed by atoms with E-state index < -0.39 is 29.5 Å². The summed E-state index contributed by atoms with van der Waals surface area (Å²) in [6, 6.07) is 4.50. The third-order valence-electron chi connectivity index (χ3n) is 3.52. The fourth-order valence-electron chi connectivity index (χ4n) is 2.49. The van der Waals surface area contributed by atoms with E-state index in [1.807, 2.05) is 4.90 Å². The zero-order valence-electron chi connectivity index (χ0n) is 10.7. The first kappa shape index (κ1) is 14.7. The van der Waals surface area contributed by atoms with E-state index in [4.69, 9.17) is 23.1 Å². The Hall–Kier alpha value is -1.66. The van der Waals surface area contributed by atoms with Crippen molar-refractivity contribution in [2.75, 3.05) is 13.1 Å². The number of amides is 2. The van der Waals surface area contributed by atoms with Gasteiger partial charge < -0.3 is 11.5 Å². The van der Waals surface area contributed by atoms with E-state index in [0.717, 1.165) is 0 Å². The van der Waals surface area contributed by atoms with Gasteiger partial charge in [0.1, 0.15) is 5.82 Å². The van der Waals surface area contributed by atoms with Crippen molar-refractivity contribution in [3.8, 4) is 0 Å². The molecule has 1 aliphatic rings. The number of carbonyl (C=O) groups is 2. The molecule has 0 bridgehead atoms. The molecule has 2 amide bonds. The molecule has 7 heteroatoms. The molecule has 0 aliphatic carbocycles. The zero-order chi connectivity index (χ0) is 14.9. The first-order chi connectivity index (χ1) is 9.38. The lowest BCUT2D eigenvalue weighted by Crippen LogP contribution is -2.36. The molecule has 1 aromatic carbocycles. The number of nitrogens with zero attached hydrogens (tertiary/aromatic N) is 1. The molecular formula is C13H15ClFN3O2. The number of rotatable bonds is 4. The van der Waals surface area contributed by atoms with Crippen LogP contribution >= 0.6 is 11.6 Å². The second-order valence-corrected chi connectivity index (χ2v) is 5.37. The molecule has 5 nitrogen and oxygen atoms in total. The Morgan fingerprint density at radius 3 is 2.25 bits per heavy atom. The molecule has 108 valence electrons. The first-order valence-electron chi connectivity index (χ1n) is 6.13. The molecule has 1 heterocycles. The summed E-state index contributed by atoms with van der Waals surface area (Å²) in [4.78, 5) is 24.5. The van der Waals surface area contributed by atoms with Crippen molar-refractivity contribution < 1.29 is 14.0 Å². The third-order valence-corrected chi connectivity index (χ3v) is 3.82. The minimum Gasteiger partial charge on any atom is -0.369 e. The summed E-state index contributed by atoms with van der Waals surface area (Å²) in [6.45, 7) is 1.09. The molecule has 0 aromatic heterocycles. The quantitative estimate of drug-likeness (QED) is 0.848. The molecule has 4 N–H and O–H groups in total. The average Bonchev–Trinajstić information content (AvgIpc) is 2.78.